The Morgan fingerprint density at radius 3 is 1.25 bits per heavy atom. The van der Waals surface area contributed by atoms with Crippen molar-refractivity contribution < 1.29 is 24.5 Å². The van der Waals surface area contributed by atoms with Gasteiger partial charge in [-0.1, -0.05) is 220 Å². The summed E-state index contributed by atoms with van der Waals surface area (Å²) in [6.07, 6.45) is 68.7. The number of hydrogen-bond donors (Lipinski definition) is 3. The van der Waals surface area contributed by atoms with Crippen molar-refractivity contribution in [2.75, 3.05) is 6.61 Å². The lowest BCUT2D eigenvalue weighted by Gasteiger charge is -2.24. The zero-order valence-electron chi connectivity index (χ0n) is 41.4. The van der Waals surface area contributed by atoms with E-state index < -0.39 is 18.2 Å². The van der Waals surface area contributed by atoms with E-state index in [9.17, 15) is 19.8 Å². The first kappa shape index (κ1) is 60.5. The predicted octanol–water partition coefficient (Wildman–Crippen LogP) is 15.9. The minimum atomic E-state index is -0.818. The minimum absolute atomic E-state index is 0.0107. The molecule has 64 heavy (non-hydrogen) atoms. The van der Waals surface area contributed by atoms with Crippen LogP contribution in [0.2, 0.25) is 0 Å². The number of carbonyl (C=O) groups excluding carboxylic acids is 2. The Morgan fingerprint density at radius 1 is 0.469 bits per heavy atom. The van der Waals surface area contributed by atoms with Crippen molar-refractivity contribution in [1.82, 2.24) is 5.32 Å². The molecular weight excluding hydrogens is 791 g/mol. The summed E-state index contributed by atoms with van der Waals surface area (Å²) >= 11 is 0. The number of aliphatic hydroxyl groups excluding tert-OH is 2. The van der Waals surface area contributed by atoms with Crippen LogP contribution in [-0.2, 0) is 14.3 Å². The highest BCUT2D eigenvalue weighted by Gasteiger charge is 2.24. The molecule has 0 saturated heterocycles. The van der Waals surface area contributed by atoms with Gasteiger partial charge in [-0.25, -0.2) is 0 Å². The van der Waals surface area contributed by atoms with Crippen molar-refractivity contribution >= 4 is 11.9 Å². The number of rotatable bonds is 45. The van der Waals surface area contributed by atoms with Crippen LogP contribution in [0.1, 0.15) is 220 Å². The average Bonchev–Trinajstić information content (AvgIpc) is 3.29. The fraction of sp³-hybridized carbons (Fsp3) is 0.655. The Kier molecular flexibility index (Phi) is 47.8. The van der Waals surface area contributed by atoms with E-state index in [1.807, 2.05) is 0 Å². The van der Waals surface area contributed by atoms with Gasteiger partial charge < -0.3 is 20.3 Å². The third-order valence-corrected chi connectivity index (χ3v) is 11.1. The largest absolute Gasteiger partial charge is 0.462 e. The maximum absolute atomic E-state index is 13.2. The Balaban J connectivity index is 4.76. The van der Waals surface area contributed by atoms with Gasteiger partial charge in [0.1, 0.15) is 6.10 Å². The van der Waals surface area contributed by atoms with Gasteiger partial charge in [0.25, 0.3) is 0 Å². The highest BCUT2D eigenvalue weighted by molar-refractivity contribution is 5.77. The number of carbonyl (C=O) groups is 2. The second-order valence-corrected chi connectivity index (χ2v) is 17.2. The van der Waals surface area contributed by atoms with Gasteiger partial charge >= 0.3 is 5.97 Å². The molecule has 0 bridgehead atoms. The molecule has 0 radical (unpaired) electrons. The van der Waals surface area contributed by atoms with Crippen LogP contribution in [0.4, 0.5) is 0 Å². The highest BCUT2D eigenvalue weighted by Crippen LogP contribution is 2.16. The first-order valence-corrected chi connectivity index (χ1v) is 26.1. The van der Waals surface area contributed by atoms with Crippen molar-refractivity contribution in [2.24, 2.45) is 0 Å². The molecule has 0 fully saturated rings. The maximum Gasteiger partial charge on any atom is 0.306 e. The minimum Gasteiger partial charge on any atom is -0.462 e. The molecular formula is C58H97NO5. The topological polar surface area (TPSA) is 95.9 Å². The van der Waals surface area contributed by atoms with Gasteiger partial charge in [-0.2, -0.15) is 0 Å². The number of esters is 1. The lowest BCUT2D eigenvalue weighted by molar-refractivity contribution is -0.151. The van der Waals surface area contributed by atoms with Crippen LogP contribution in [0.15, 0.2) is 109 Å². The van der Waals surface area contributed by atoms with Crippen LogP contribution < -0.4 is 5.32 Å². The van der Waals surface area contributed by atoms with Gasteiger partial charge in [-0.05, 0) is 96.3 Å². The van der Waals surface area contributed by atoms with Crippen molar-refractivity contribution in [3.05, 3.63) is 109 Å². The predicted molar refractivity (Wildman–Crippen MR) is 277 cm³/mol. The molecule has 0 aliphatic carbocycles. The summed E-state index contributed by atoms with van der Waals surface area (Å²) in [6.45, 7) is 6.22. The second kappa shape index (κ2) is 50.5. The van der Waals surface area contributed by atoms with Gasteiger partial charge in [-0.15, -0.1) is 0 Å². The molecule has 3 N–H and O–H groups in total. The molecule has 0 aliphatic rings. The van der Waals surface area contributed by atoms with Crippen LogP contribution in [0.3, 0.4) is 0 Å². The van der Waals surface area contributed by atoms with E-state index in [2.05, 4.69) is 135 Å². The second-order valence-electron chi connectivity index (χ2n) is 17.2. The van der Waals surface area contributed by atoms with E-state index in [-0.39, 0.29) is 24.9 Å². The summed E-state index contributed by atoms with van der Waals surface area (Å²) in [5.74, 6) is -0.607. The third kappa shape index (κ3) is 45.1. The Hall–Kier alpha value is -3.48. The molecule has 1 amide bonds. The number of hydrogen-bond acceptors (Lipinski definition) is 5. The molecule has 3 atom stereocenters. The average molecular weight is 888 g/mol. The van der Waals surface area contributed by atoms with Crippen molar-refractivity contribution in [3.8, 4) is 0 Å². The van der Waals surface area contributed by atoms with Crippen molar-refractivity contribution in [3.63, 3.8) is 0 Å². The SMILES string of the molecule is CC/C=C\C/C=C\C/C=C\C/C=C\C/C=C\CCCC(=O)OC(CCC/C=C/C/C=C/C/C=C/C/C=C/CC)CC(=O)NC(CO)C(O)CCCCCCCCCCCCCCCC. The van der Waals surface area contributed by atoms with Crippen molar-refractivity contribution in [2.45, 2.75) is 238 Å². The zero-order valence-corrected chi connectivity index (χ0v) is 41.4. The smallest absolute Gasteiger partial charge is 0.306 e. The zero-order chi connectivity index (χ0) is 46.7. The molecule has 0 heterocycles. The maximum atomic E-state index is 13.2. The fourth-order valence-electron chi connectivity index (χ4n) is 7.23. The Labute approximate surface area is 394 Å². The molecule has 0 saturated carbocycles. The van der Waals surface area contributed by atoms with E-state index in [0.29, 0.717) is 25.7 Å². The normalized spacial score (nSPS) is 14.1. The Bertz CT molecular complexity index is 1320. The van der Waals surface area contributed by atoms with Gasteiger partial charge in [0.2, 0.25) is 5.91 Å². The summed E-state index contributed by atoms with van der Waals surface area (Å²) in [5.41, 5.74) is 0. The lowest BCUT2D eigenvalue weighted by Crippen LogP contribution is -2.46. The molecule has 0 aromatic heterocycles. The van der Waals surface area contributed by atoms with E-state index in [0.717, 1.165) is 96.3 Å². The number of nitrogens with one attached hydrogen (secondary N) is 1. The summed E-state index contributed by atoms with van der Waals surface area (Å²) in [7, 11) is 0. The molecule has 0 rings (SSSR count). The summed E-state index contributed by atoms with van der Waals surface area (Å²) in [6, 6.07) is -0.737. The van der Waals surface area contributed by atoms with Gasteiger partial charge in [-0.3, -0.25) is 9.59 Å². The summed E-state index contributed by atoms with van der Waals surface area (Å²) in [4.78, 5) is 26.1. The van der Waals surface area contributed by atoms with Crippen LogP contribution in [0.25, 0.3) is 0 Å². The molecule has 3 unspecified atom stereocenters. The number of ether oxygens (including phenoxy) is 1. The molecule has 0 aromatic carbocycles. The summed E-state index contributed by atoms with van der Waals surface area (Å²) in [5, 5.41) is 23.8. The summed E-state index contributed by atoms with van der Waals surface area (Å²) < 4.78 is 5.88. The van der Waals surface area contributed by atoms with E-state index in [1.54, 1.807) is 0 Å². The first-order valence-electron chi connectivity index (χ1n) is 26.1. The molecule has 6 nitrogen and oxygen atoms in total. The van der Waals surface area contributed by atoms with Crippen molar-refractivity contribution in [1.29, 1.82) is 0 Å². The molecule has 0 aromatic rings. The van der Waals surface area contributed by atoms with Crippen LogP contribution in [0.5, 0.6) is 0 Å². The van der Waals surface area contributed by atoms with Gasteiger partial charge in [0.15, 0.2) is 0 Å². The number of aliphatic hydroxyl groups is 2. The number of allylic oxidation sites excluding steroid dienone is 18. The van der Waals surface area contributed by atoms with Gasteiger partial charge in [0, 0.05) is 6.42 Å². The lowest BCUT2D eigenvalue weighted by atomic mass is 10.0. The molecule has 0 spiro atoms. The third-order valence-electron chi connectivity index (χ3n) is 11.1. The molecule has 6 heteroatoms. The van der Waals surface area contributed by atoms with E-state index in [1.165, 1.54) is 70.6 Å². The highest BCUT2D eigenvalue weighted by atomic mass is 16.5. The number of amides is 1. The van der Waals surface area contributed by atoms with Crippen LogP contribution in [-0.4, -0.2) is 46.9 Å². The standard InChI is InChI=1S/C58H97NO5/c1-4-7-10-13-16-19-22-25-28-29-30-33-36-39-42-45-48-51-58(63)64-54(49-46-43-40-37-34-31-26-23-20-17-14-11-8-5-2)52-57(62)59-55(53-60)56(61)50-47-44-41-38-35-32-27-24-21-18-15-12-9-6-3/h7-8,10-11,16-17,19-20,25-26,28,30-31,33,37,39-40,42,54-56,60-61H,4-6,9,12-15,18,21-24,27,29,32,34-36,38,41,43-53H2,1-3H3,(H,59,62)/b10-7-,11-8+,19-16-,20-17+,28-25-,31-26+,33-30-,40-37+,42-39-. The van der Waals surface area contributed by atoms with E-state index >= 15 is 0 Å². The molecule has 0 aliphatic heterocycles. The van der Waals surface area contributed by atoms with E-state index in [4.69, 9.17) is 4.74 Å². The van der Waals surface area contributed by atoms with Gasteiger partial charge in [0.05, 0.1) is 25.2 Å². The fourth-order valence-corrected chi connectivity index (χ4v) is 7.23. The monoisotopic (exact) mass is 888 g/mol. The Morgan fingerprint density at radius 2 is 0.844 bits per heavy atom. The first-order chi connectivity index (χ1) is 31.5. The number of unbranched alkanes of at least 4 members (excludes halogenated alkanes) is 15. The quantitative estimate of drug-likeness (QED) is 0.0322. The van der Waals surface area contributed by atoms with Crippen LogP contribution in [0, 0.1) is 0 Å². The molecule has 364 valence electrons. The van der Waals surface area contributed by atoms with Crippen LogP contribution >= 0.6 is 0 Å².